The summed E-state index contributed by atoms with van der Waals surface area (Å²) < 4.78 is 5.25. The van der Waals surface area contributed by atoms with Crippen molar-refractivity contribution in [2.24, 2.45) is 17.8 Å². The van der Waals surface area contributed by atoms with Crippen molar-refractivity contribution in [1.29, 1.82) is 0 Å². The standard InChI is InChI=1S/C40H47NO10/c1-21-12-10-8-9-11-13-31(45)41-34-38(49)28-19-26(6)37(48)33(32(28)39(50)40(34)51-7)36(47)25(5)18-24(4)35(46)23(3)15-17-27(42)16-14-22(2)30(44)20-29(21)43/h8-15,17-19,21,23-24,27,29,35,42-43,46,48H,16,20H2,1-7H3,(H,41,45)/b9-8-,12-10+,13-11-,17-15+,22-14+,25-18+/t21-,23-,24-,27-,29-,35-/m0/s1. The first kappa shape index (κ1) is 40.5. The molecule has 0 fully saturated rings. The first-order valence-corrected chi connectivity index (χ1v) is 16.7. The third-order valence-corrected chi connectivity index (χ3v) is 8.99. The number of rotatable bonds is 1. The summed E-state index contributed by atoms with van der Waals surface area (Å²) in [5.74, 6) is -5.93. The van der Waals surface area contributed by atoms with Gasteiger partial charge in [-0.15, -0.1) is 0 Å². The number of hydrogen-bond donors (Lipinski definition) is 5. The van der Waals surface area contributed by atoms with Crippen LogP contribution in [-0.4, -0.2) is 74.9 Å². The quantitative estimate of drug-likeness (QED) is 0.257. The molecule has 0 radical (unpaired) electrons. The van der Waals surface area contributed by atoms with Gasteiger partial charge in [-0.1, -0.05) is 75.5 Å². The fourth-order valence-corrected chi connectivity index (χ4v) is 5.71. The van der Waals surface area contributed by atoms with Gasteiger partial charge >= 0.3 is 0 Å². The number of carbonyl (C=O) groups is 5. The van der Waals surface area contributed by atoms with Crippen molar-refractivity contribution in [3.63, 3.8) is 0 Å². The van der Waals surface area contributed by atoms with Gasteiger partial charge in [0.15, 0.2) is 17.3 Å². The molecule has 272 valence electrons. The number of allylic oxidation sites excluding steroid dienone is 8. The number of phenolic OH excluding ortho intramolecular Hbond substituents is 1. The zero-order valence-electron chi connectivity index (χ0n) is 30.0. The van der Waals surface area contributed by atoms with Gasteiger partial charge in [0.05, 0.1) is 36.5 Å². The van der Waals surface area contributed by atoms with Gasteiger partial charge in [-0.2, -0.15) is 0 Å². The van der Waals surface area contributed by atoms with Gasteiger partial charge in [0.25, 0.3) is 0 Å². The summed E-state index contributed by atoms with van der Waals surface area (Å²) in [6, 6.07) is 1.27. The summed E-state index contributed by atoms with van der Waals surface area (Å²) in [6.07, 6.45) is 12.3. The Kier molecular flexibility index (Phi) is 14.1. The number of methoxy groups -OCH3 is 1. The molecule has 4 rings (SSSR count). The summed E-state index contributed by atoms with van der Waals surface area (Å²) >= 11 is 0. The molecule has 0 saturated heterocycles. The third kappa shape index (κ3) is 9.84. The highest BCUT2D eigenvalue weighted by Crippen LogP contribution is 2.37. The molecular weight excluding hydrogens is 654 g/mol. The molecule has 1 aliphatic carbocycles. The van der Waals surface area contributed by atoms with Crippen LogP contribution in [0.1, 0.15) is 84.1 Å². The predicted octanol–water partition coefficient (Wildman–Crippen LogP) is 4.71. The molecule has 6 atom stereocenters. The zero-order valence-corrected chi connectivity index (χ0v) is 30.0. The number of ether oxygens (including phenoxy) is 1. The Morgan fingerprint density at radius 3 is 2.10 bits per heavy atom. The first-order valence-electron chi connectivity index (χ1n) is 16.7. The lowest BCUT2D eigenvalue weighted by Crippen LogP contribution is -2.35. The fraction of sp³-hybridized carbons (Fsp3) is 0.375. The van der Waals surface area contributed by atoms with E-state index < -0.39 is 76.2 Å². The van der Waals surface area contributed by atoms with Crippen molar-refractivity contribution in [2.45, 2.75) is 72.7 Å². The van der Waals surface area contributed by atoms with Crippen LogP contribution in [0.4, 0.5) is 0 Å². The Bertz CT molecular complexity index is 1790. The highest BCUT2D eigenvalue weighted by atomic mass is 16.5. The molecule has 1 amide bonds. The van der Waals surface area contributed by atoms with E-state index in [1.165, 1.54) is 44.2 Å². The van der Waals surface area contributed by atoms with Crippen LogP contribution in [0.2, 0.25) is 0 Å². The molecule has 1 aromatic rings. The van der Waals surface area contributed by atoms with Crippen molar-refractivity contribution in [2.75, 3.05) is 7.11 Å². The molecule has 2 aliphatic heterocycles. The number of benzene rings is 1. The van der Waals surface area contributed by atoms with E-state index in [4.69, 9.17) is 4.74 Å². The van der Waals surface area contributed by atoms with Crippen molar-refractivity contribution in [3.05, 3.63) is 112 Å². The molecular formula is C40H47NO10. The zero-order chi connectivity index (χ0) is 38.2. The molecule has 0 spiro atoms. The lowest BCUT2D eigenvalue weighted by atomic mass is 9.82. The van der Waals surface area contributed by atoms with E-state index in [-0.39, 0.29) is 46.8 Å². The smallest absolute Gasteiger partial charge is 0.248 e. The number of Topliss-reactive ketones (excluding diaryl/α,β-unsaturated/α-hetero) is 4. The van der Waals surface area contributed by atoms with Crippen molar-refractivity contribution >= 4 is 29.0 Å². The van der Waals surface area contributed by atoms with E-state index >= 15 is 0 Å². The van der Waals surface area contributed by atoms with E-state index in [0.717, 1.165) is 13.2 Å². The number of aromatic hydroxyl groups is 1. The minimum absolute atomic E-state index is 0.0879. The van der Waals surface area contributed by atoms with Gasteiger partial charge in [0, 0.05) is 35.8 Å². The normalized spacial score (nSPS) is 30.9. The summed E-state index contributed by atoms with van der Waals surface area (Å²) in [4.78, 5) is 66.8. The third-order valence-electron chi connectivity index (χ3n) is 8.99. The van der Waals surface area contributed by atoms with Crippen LogP contribution in [-0.2, 0) is 14.3 Å². The number of ketones is 4. The monoisotopic (exact) mass is 701 g/mol. The number of fused-ring (bicyclic) bond motifs is 18. The van der Waals surface area contributed by atoms with E-state index in [9.17, 15) is 44.4 Å². The van der Waals surface area contributed by atoms with Gasteiger partial charge in [-0.25, -0.2) is 0 Å². The summed E-state index contributed by atoms with van der Waals surface area (Å²) in [6.45, 7) is 9.70. The SMILES string of the molecule is COC1=C2NC(=O)\C=C/C=C\C=C\[C@H](C)[C@@H](O)CC(=O)/C(C)=C/C[C@H](O)/C=C/[C@H](C)[C@H](O)[C@@H](C)/C=C(\C)C(=O)c3c(O)c(C)cc(c3C1=O)C2=O. The summed E-state index contributed by atoms with van der Waals surface area (Å²) in [7, 11) is 1.14. The van der Waals surface area contributed by atoms with E-state index in [1.807, 2.05) is 0 Å². The predicted molar refractivity (Wildman–Crippen MR) is 192 cm³/mol. The highest BCUT2D eigenvalue weighted by Gasteiger charge is 2.39. The van der Waals surface area contributed by atoms with Crippen molar-refractivity contribution in [1.82, 2.24) is 5.32 Å². The molecule has 4 bridgehead atoms. The highest BCUT2D eigenvalue weighted by molar-refractivity contribution is 6.31. The molecule has 5 N–H and O–H groups in total. The van der Waals surface area contributed by atoms with Crippen LogP contribution in [0.25, 0.3) is 0 Å². The maximum Gasteiger partial charge on any atom is 0.248 e. The Hall–Kier alpha value is -4.97. The molecule has 11 heteroatoms. The number of phenols is 1. The summed E-state index contributed by atoms with van der Waals surface area (Å²) in [5, 5.41) is 45.6. The van der Waals surface area contributed by atoms with Crippen molar-refractivity contribution in [3.8, 4) is 5.75 Å². The Labute approximate surface area is 298 Å². The Morgan fingerprint density at radius 2 is 1.43 bits per heavy atom. The minimum atomic E-state index is -1.01. The van der Waals surface area contributed by atoms with Crippen LogP contribution >= 0.6 is 0 Å². The average Bonchev–Trinajstić information content (AvgIpc) is 3.09. The lowest BCUT2D eigenvalue weighted by molar-refractivity contribution is -0.118. The second-order valence-electron chi connectivity index (χ2n) is 13.0. The van der Waals surface area contributed by atoms with Gasteiger partial charge < -0.3 is 30.5 Å². The van der Waals surface area contributed by atoms with E-state index in [0.29, 0.717) is 5.57 Å². The van der Waals surface area contributed by atoms with Crippen molar-refractivity contribution < 1.29 is 49.1 Å². The average molecular weight is 702 g/mol. The number of nitrogens with one attached hydrogen (secondary N) is 1. The molecule has 0 unspecified atom stereocenters. The molecule has 0 saturated carbocycles. The molecule has 1 aromatic carbocycles. The van der Waals surface area contributed by atoms with Gasteiger partial charge in [0.2, 0.25) is 17.5 Å². The van der Waals surface area contributed by atoms with E-state index in [2.05, 4.69) is 5.32 Å². The number of amides is 1. The largest absolute Gasteiger partial charge is 0.507 e. The second kappa shape index (κ2) is 17.8. The maximum absolute atomic E-state index is 13.9. The number of aryl methyl sites for hydroxylation is 1. The first-order chi connectivity index (χ1) is 24.0. The number of hydrogen-bond acceptors (Lipinski definition) is 10. The van der Waals surface area contributed by atoms with Gasteiger partial charge in [0.1, 0.15) is 11.4 Å². The fourth-order valence-electron chi connectivity index (χ4n) is 5.71. The van der Waals surface area contributed by atoms with E-state index in [1.54, 1.807) is 58.1 Å². The minimum Gasteiger partial charge on any atom is -0.507 e. The van der Waals surface area contributed by atoms with Crippen LogP contribution in [0.5, 0.6) is 5.75 Å². The second-order valence-corrected chi connectivity index (χ2v) is 13.0. The van der Waals surface area contributed by atoms with Crippen LogP contribution in [0, 0.1) is 24.7 Å². The number of carbonyl (C=O) groups excluding carboxylic acids is 5. The van der Waals surface area contributed by atoms with Crippen LogP contribution in [0.3, 0.4) is 0 Å². The topological polar surface area (TPSA) is 188 Å². The number of aliphatic hydroxyl groups excluding tert-OH is 3. The van der Waals surface area contributed by atoms with Gasteiger partial charge in [-0.05, 0) is 50.0 Å². The molecule has 51 heavy (non-hydrogen) atoms. The number of aliphatic hydroxyl groups is 3. The summed E-state index contributed by atoms with van der Waals surface area (Å²) in [5.41, 5.74) is -0.768. The molecule has 3 aliphatic rings. The van der Waals surface area contributed by atoms with Gasteiger partial charge in [-0.3, -0.25) is 24.0 Å². The lowest BCUT2D eigenvalue weighted by Gasteiger charge is -2.24. The maximum atomic E-state index is 13.9. The Morgan fingerprint density at radius 1 is 0.765 bits per heavy atom. The molecule has 11 nitrogen and oxygen atoms in total. The molecule has 2 heterocycles. The Balaban J connectivity index is 2.08. The van der Waals surface area contributed by atoms with Crippen LogP contribution < -0.4 is 5.32 Å². The molecule has 0 aromatic heterocycles. The van der Waals surface area contributed by atoms with Crippen LogP contribution in [0.15, 0.2) is 89.4 Å².